The van der Waals surface area contributed by atoms with Gasteiger partial charge in [0, 0.05) is 6.54 Å². The van der Waals surface area contributed by atoms with Gasteiger partial charge in [0.15, 0.2) is 0 Å². The van der Waals surface area contributed by atoms with Crippen LogP contribution in [0.1, 0.15) is 13.8 Å². The lowest BCUT2D eigenvalue weighted by Gasteiger charge is -2.17. The van der Waals surface area contributed by atoms with Gasteiger partial charge in [0.05, 0.1) is 0 Å². The molecule has 0 aliphatic heterocycles. The number of aliphatic hydroxyl groups excluding tert-OH is 1. The fourth-order valence-electron chi connectivity index (χ4n) is 0.637. The SMILES string of the molecule is CC(C)CN(CO)C(=O)O. The van der Waals surface area contributed by atoms with Crippen LogP contribution in [0.2, 0.25) is 0 Å². The van der Waals surface area contributed by atoms with Crippen LogP contribution in [-0.4, -0.2) is 34.5 Å². The number of nitrogens with zero attached hydrogens (tertiary/aromatic N) is 1. The molecule has 10 heavy (non-hydrogen) atoms. The number of carbonyl (C=O) groups is 1. The van der Waals surface area contributed by atoms with E-state index in [2.05, 4.69) is 0 Å². The molecule has 0 atom stereocenters. The maximum absolute atomic E-state index is 10.2. The van der Waals surface area contributed by atoms with Crippen molar-refractivity contribution in [3.8, 4) is 0 Å². The standard InChI is InChI=1S/C6H13NO3/c1-5(2)3-7(4-8)6(9)10/h5,8H,3-4H2,1-2H3,(H,9,10). The number of aliphatic hydroxyl groups is 1. The molecule has 1 amide bonds. The van der Waals surface area contributed by atoms with Crippen molar-refractivity contribution in [2.45, 2.75) is 13.8 Å². The lowest BCUT2D eigenvalue weighted by molar-refractivity contribution is 0.0817. The van der Waals surface area contributed by atoms with E-state index in [-0.39, 0.29) is 5.92 Å². The number of hydrogen-bond donors (Lipinski definition) is 2. The van der Waals surface area contributed by atoms with Crippen molar-refractivity contribution < 1.29 is 15.0 Å². The molecule has 0 aliphatic carbocycles. The first-order valence-electron chi connectivity index (χ1n) is 3.16. The molecular weight excluding hydrogens is 134 g/mol. The Hall–Kier alpha value is -0.770. The zero-order valence-electron chi connectivity index (χ0n) is 6.24. The lowest BCUT2D eigenvalue weighted by atomic mass is 10.2. The van der Waals surface area contributed by atoms with E-state index in [1.54, 1.807) is 0 Å². The molecule has 0 saturated heterocycles. The van der Waals surface area contributed by atoms with E-state index in [1.165, 1.54) is 0 Å². The second-order valence-corrected chi connectivity index (χ2v) is 2.54. The summed E-state index contributed by atoms with van der Waals surface area (Å²) in [5.41, 5.74) is 0. The molecule has 0 bridgehead atoms. The normalized spacial score (nSPS) is 10.0. The Bertz CT molecular complexity index is 114. The third-order valence-electron chi connectivity index (χ3n) is 1.03. The number of rotatable bonds is 3. The molecule has 0 aromatic rings. The van der Waals surface area contributed by atoms with Crippen molar-refractivity contribution in [3.63, 3.8) is 0 Å². The summed E-state index contributed by atoms with van der Waals surface area (Å²) in [6, 6.07) is 0. The molecule has 2 N–H and O–H groups in total. The molecule has 0 spiro atoms. The van der Waals surface area contributed by atoms with Gasteiger partial charge in [0.1, 0.15) is 6.73 Å². The quantitative estimate of drug-likeness (QED) is 0.574. The van der Waals surface area contributed by atoms with Gasteiger partial charge in [-0.1, -0.05) is 13.8 Å². The first-order chi connectivity index (χ1) is 4.57. The van der Waals surface area contributed by atoms with Crippen LogP contribution in [0.15, 0.2) is 0 Å². The molecule has 0 aliphatic rings. The molecule has 0 radical (unpaired) electrons. The zero-order chi connectivity index (χ0) is 8.15. The summed E-state index contributed by atoms with van der Waals surface area (Å²) in [6.07, 6.45) is -1.07. The second-order valence-electron chi connectivity index (χ2n) is 2.54. The summed E-state index contributed by atoms with van der Waals surface area (Å²) in [6.45, 7) is 3.75. The molecule has 0 aromatic carbocycles. The Morgan fingerprint density at radius 1 is 1.60 bits per heavy atom. The predicted molar refractivity (Wildman–Crippen MR) is 36.7 cm³/mol. The van der Waals surface area contributed by atoms with Crippen molar-refractivity contribution in [1.82, 2.24) is 4.90 Å². The van der Waals surface area contributed by atoms with Crippen molar-refractivity contribution in [2.24, 2.45) is 5.92 Å². The monoisotopic (exact) mass is 147 g/mol. The maximum atomic E-state index is 10.2. The van der Waals surface area contributed by atoms with E-state index in [0.717, 1.165) is 4.90 Å². The van der Waals surface area contributed by atoms with Crippen molar-refractivity contribution in [3.05, 3.63) is 0 Å². The van der Waals surface area contributed by atoms with Crippen molar-refractivity contribution in [2.75, 3.05) is 13.3 Å². The summed E-state index contributed by atoms with van der Waals surface area (Å²) in [7, 11) is 0. The van der Waals surface area contributed by atoms with Gasteiger partial charge in [0.2, 0.25) is 0 Å². The Labute approximate surface area is 60.1 Å². The van der Waals surface area contributed by atoms with E-state index in [9.17, 15) is 4.79 Å². The molecule has 4 nitrogen and oxygen atoms in total. The average molecular weight is 147 g/mol. The van der Waals surface area contributed by atoms with Crippen LogP contribution < -0.4 is 0 Å². The summed E-state index contributed by atoms with van der Waals surface area (Å²) < 4.78 is 0. The number of hydrogen-bond acceptors (Lipinski definition) is 2. The Balaban J connectivity index is 3.72. The molecular formula is C6H13NO3. The number of carboxylic acid groups (broad SMARTS) is 1. The van der Waals surface area contributed by atoms with Crippen LogP contribution in [0, 0.1) is 5.92 Å². The van der Waals surface area contributed by atoms with Gasteiger partial charge in [0.25, 0.3) is 0 Å². The fraction of sp³-hybridized carbons (Fsp3) is 0.833. The van der Waals surface area contributed by atoms with Crippen LogP contribution in [0.25, 0.3) is 0 Å². The Kier molecular flexibility index (Phi) is 3.79. The molecule has 0 fully saturated rings. The van der Waals surface area contributed by atoms with E-state index < -0.39 is 12.8 Å². The maximum Gasteiger partial charge on any atom is 0.409 e. The molecule has 0 unspecified atom stereocenters. The number of amides is 1. The average Bonchev–Trinajstić information content (AvgIpc) is 1.81. The molecule has 0 saturated carbocycles. The highest BCUT2D eigenvalue weighted by atomic mass is 16.4. The predicted octanol–water partition coefficient (Wildman–Crippen LogP) is 0.572. The summed E-state index contributed by atoms with van der Waals surface area (Å²) >= 11 is 0. The minimum absolute atomic E-state index is 0.253. The molecule has 0 rings (SSSR count). The minimum Gasteiger partial charge on any atom is -0.465 e. The van der Waals surface area contributed by atoms with Crippen molar-refractivity contribution in [1.29, 1.82) is 0 Å². The van der Waals surface area contributed by atoms with E-state index in [0.29, 0.717) is 6.54 Å². The van der Waals surface area contributed by atoms with Gasteiger partial charge < -0.3 is 10.2 Å². The summed E-state index contributed by atoms with van der Waals surface area (Å²) in [5.74, 6) is 0.253. The van der Waals surface area contributed by atoms with Crippen molar-refractivity contribution >= 4 is 6.09 Å². The Morgan fingerprint density at radius 3 is 2.20 bits per heavy atom. The van der Waals surface area contributed by atoms with Gasteiger partial charge in [-0.2, -0.15) is 0 Å². The first kappa shape index (κ1) is 9.23. The highest BCUT2D eigenvalue weighted by Gasteiger charge is 2.10. The molecule has 0 heterocycles. The summed E-state index contributed by atoms with van der Waals surface area (Å²) in [5, 5.41) is 16.9. The van der Waals surface area contributed by atoms with E-state index in [4.69, 9.17) is 10.2 Å². The minimum atomic E-state index is -1.07. The topological polar surface area (TPSA) is 60.8 Å². The van der Waals surface area contributed by atoms with Crippen LogP contribution >= 0.6 is 0 Å². The second kappa shape index (κ2) is 4.11. The lowest BCUT2D eigenvalue weighted by Crippen LogP contribution is -2.33. The third-order valence-corrected chi connectivity index (χ3v) is 1.03. The van der Waals surface area contributed by atoms with Gasteiger partial charge >= 0.3 is 6.09 Å². The first-order valence-corrected chi connectivity index (χ1v) is 3.16. The fourth-order valence-corrected chi connectivity index (χ4v) is 0.637. The van der Waals surface area contributed by atoms with E-state index in [1.807, 2.05) is 13.8 Å². The molecule has 60 valence electrons. The largest absolute Gasteiger partial charge is 0.465 e. The smallest absolute Gasteiger partial charge is 0.409 e. The highest BCUT2D eigenvalue weighted by Crippen LogP contribution is 1.96. The molecule has 0 aromatic heterocycles. The third kappa shape index (κ3) is 3.29. The molecule has 4 heteroatoms. The van der Waals surface area contributed by atoms with Gasteiger partial charge in [-0.15, -0.1) is 0 Å². The van der Waals surface area contributed by atoms with Gasteiger partial charge in [-0.3, -0.25) is 4.90 Å². The zero-order valence-corrected chi connectivity index (χ0v) is 6.24. The van der Waals surface area contributed by atoms with Crippen LogP contribution in [0.5, 0.6) is 0 Å². The highest BCUT2D eigenvalue weighted by molar-refractivity contribution is 5.64. The van der Waals surface area contributed by atoms with Crippen LogP contribution in [0.3, 0.4) is 0 Å². The van der Waals surface area contributed by atoms with Gasteiger partial charge in [-0.05, 0) is 5.92 Å². The van der Waals surface area contributed by atoms with Crippen LogP contribution in [0.4, 0.5) is 4.79 Å². The van der Waals surface area contributed by atoms with Crippen LogP contribution in [-0.2, 0) is 0 Å². The summed E-state index contributed by atoms with van der Waals surface area (Å²) in [4.78, 5) is 11.2. The van der Waals surface area contributed by atoms with E-state index >= 15 is 0 Å². The Morgan fingerprint density at radius 2 is 2.10 bits per heavy atom. The van der Waals surface area contributed by atoms with Gasteiger partial charge in [-0.25, -0.2) is 4.79 Å².